The second-order valence-corrected chi connectivity index (χ2v) is 12.7. The van der Waals surface area contributed by atoms with Crippen LogP contribution in [0.3, 0.4) is 0 Å². The van der Waals surface area contributed by atoms with E-state index in [2.05, 4.69) is 50.3 Å². The van der Waals surface area contributed by atoms with Gasteiger partial charge in [0.2, 0.25) is 0 Å². The fraction of sp³-hybridized carbons (Fsp3) is 0.757. The topological polar surface area (TPSA) is 102 Å². The molecular formula is C37H65NO7. The maximum atomic E-state index is 12.6. The Morgan fingerprint density at radius 2 is 1.24 bits per heavy atom. The first-order chi connectivity index (χ1) is 21.6. The summed E-state index contributed by atoms with van der Waals surface area (Å²) < 4.78 is 17.0. The number of aliphatic carboxylic acids is 1. The Hall–Kier alpha value is -2.45. The van der Waals surface area contributed by atoms with Gasteiger partial charge >= 0.3 is 11.9 Å². The monoisotopic (exact) mass is 635 g/mol. The van der Waals surface area contributed by atoms with Crippen molar-refractivity contribution in [3.63, 3.8) is 0 Å². The fourth-order valence-electron chi connectivity index (χ4n) is 4.79. The van der Waals surface area contributed by atoms with Gasteiger partial charge in [0.25, 0.3) is 0 Å². The van der Waals surface area contributed by atoms with E-state index in [1.165, 1.54) is 32.1 Å². The zero-order valence-corrected chi connectivity index (χ0v) is 29.3. The number of ether oxygens (including phenoxy) is 3. The number of unbranched alkanes of at least 4 members (excludes halogenated alkanes) is 10. The molecule has 8 heteroatoms. The van der Waals surface area contributed by atoms with Gasteiger partial charge in [-0.3, -0.25) is 9.59 Å². The Labute approximate surface area is 274 Å². The molecule has 0 aliphatic carbocycles. The summed E-state index contributed by atoms with van der Waals surface area (Å²) in [6, 6.07) is -0.727. The number of rotatable bonds is 30. The van der Waals surface area contributed by atoms with E-state index in [-0.39, 0.29) is 49.1 Å². The predicted molar refractivity (Wildman–Crippen MR) is 180 cm³/mol. The summed E-state index contributed by atoms with van der Waals surface area (Å²) in [5, 5.41) is 11.5. The highest BCUT2D eigenvalue weighted by Crippen LogP contribution is 2.12. The lowest BCUT2D eigenvalue weighted by atomic mass is 10.1. The van der Waals surface area contributed by atoms with Crippen molar-refractivity contribution in [1.29, 1.82) is 0 Å². The van der Waals surface area contributed by atoms with Crippen LogP contribution in [0.25, 0.3) is 0 Å². The number of esters is 2. The average Bonchev–Trinajstić information content (AvgIpc) is 2.98. The first-order valence-electron chi connectivity index (χ1n) is 17.5. The second kappa shape index (κ2) is 29.0. The van der Waals surface area contributed by atoms with E-state index < -0.39 is 18.1 Å². The van der Waals surface area contributed by atoms with Gasteiger partial charge in [0.05, 0.1) is 40.3 Å². The lowest BCUT2D eigenvalue weighted by Crippen LogP contribution is -2.55. The number of carboxylic acids is 1. The van der Waals surface area contributed by atoms with Crippen LogP contribution in [0.2, 0.25) is 0 Å². The number of likely N-dealkylation sites (N-methyl/N-ethyl adjacent to an activating group) is 1. The van der Waals surface area contributed by atoms with Gasteiger partial charge < -0.3 is 28.6 Å². The highest BCUT2D eigenvalue weighted by atomic mass is 16.6. The molecule has 0 aromatic carbocycles. The molecule has 0 spiro atoms. The van der Waals surface area contributed by atoms with Crippen LogP contribution >= 0.6 is 0 Å². The van der Waals surface area contributed by atoms with Gasteiger partial charge in [-0.25, -0.2) is 0 Å². The molecule has 0 amide bonds. The van der Waals surface area contributed by atoms with E-state index in [0.717, 1.165) is 64.2 Å². The third kappa shape index (κ3) is 27.6. The number of hydrogen-bond acceptors (Lipinski definition) is 7. The lowest BCUT2D eigenvalue weighted by molar-refractivity contribution is -0.889. The minimum Gasteiger partial charge on any atom is -0.544 e. The second-order valence-electron chi connectivity index (χ2n) is 12.7. The van der Waals surface area contributed by atoms with Crippen LogP contribution in [0.5, 0.6) is 0 Å². The molecule has 0 saturated carbocycles. The molecule has 0 radical (unpaired) electrons. The van der Waals surface area contributed by atoms with Crippen LogP contribution in [0.1, 0.15) is 129 Å². The van der Waals surface area contributed by atoms with Crippen molar-refractivity contribution in [2.45, 2.75) is 142 Å². The summed E-state index contributed by atoms with van der Waals surface area (Å²) in [6.07, 6.45) is 28.9. The minimum atomic E-state index is -1.13. The molecule has 0 bridgehead atoms. The van der Waals surface area contributed by atoms with Crippen molar-refractivity contribution >= 4 is 17.9 Å². The van der Waals surface area contributed by atoms with Crippen molar-refractivity contribution in [2.75, 3.05) is 41.0 Å². The van der Waals surface area contributed by atoms with E-state index in [0.29, 0.717) is 6.42 Å². The predicted octanol–water partition coefficient (Wildman–Crippen LogP) is 7.01. The third-order valence-corrected chi connectivity index (χ3v) is 7.54. The Morgan fingerprint density at radius 3 is 1.84 bits per heavy atom. The van der Waals surface area contributed by atoms with Gasteiger partial charge in [0, 0.05) is 19.3 Å². The van der Waals surface area contributed by atoms with Crippen molar-refractivity contribution < 1.29 is 38.2 Å². The van der Waals surface area contributed by atoms with Crippen LogP contribution in [0.15, 0.2) is 36.5 Å². The molecule has 0 aliphatic heterocycles. The van der Waals surface area contributed by atoms with Crippen LogP contribution in [0, 0.1) is 0 Å². The summed E-state index contributed by atoms with van der Waals surface area (Å²) in [5.74, 6) is -1.78. The molecule has 0 fully saturated rings. The third-order valence-electron chi connectivity index (χ3n) is 7.54. The van der Waals surface area contributed by atoms with Crippen molar-refractivity contribution in [3.05, 3.63) is 36.5 Å². The molecule has 0 aromatic rings. The van der Waals surface area contributed by atoms with E-state index in [9.17, 15) is 19.5 Å². The molecule has 0 aromatic heterocycles. The van der Waals surface area contributed by atoms with E-state index in [1.54, 1.807) is 21.1 Å². The van der Waals surface area contributed by atoms with E-state index in [1.807, 2.05) is 0 Å². The first kappa shape index (κ1) is 42.6. The average molecular weight is 636 g/mol. The molecule has 0 heterocycles. The molecule has 2 unspecified atom stereocenters. The van der Waals surface area contributed by atoms with Gasteiger partial charge in [-0.15, -0.1) is 0 Å². The molecule has 0 rings (SSSR count). The Bertz CT molecular complexity index is 844. The van der Waals surface area contributed by atoms with Gasteiger partial charge in [-0.2, -0.15) is 0 Å². The molecule has 2 atom stereocenters. The SMILES string of the molecule is CC/C=C\C/C=C\C/C=C\CCCCCC(=O)OC(COCCC(C(=O)[O-])[N+](C)(C)C)COC(=O)CCCCCCCCCC. The van der Waals surface area contributed by atoms with Gasteiger partial charge in [-0.1, -0.05) is 102 Å². The van der Waals surface area contributed by atoms with Gasteiger partial charge in [0.1, 0.15) is 12.6 Å². The van der Waals surface area contributed by atoms with Crippen LogP contribution in [-0.2, 0) is 28.6 Å². The molecular weight excluding hydrogens is 570 g/mol. The quantitative estimate of drug-likeness (QED) is 0.0362. The Kier molecular flexibility index (Phi) is 27.4. The normalized spacial score (nSPS) is 13.5. The number of quaternary nitrogens is 1. The summed E-state index contributed by atoms with van der Waals surface area (Å²) in [4.78, 5) is 36.4. The summed E-state index contributed by atoms with van der Waals surface area (Å²) >= 11 is 0. The molecule has 0 N–H and O–H groups in total. The number of nitrogens with zero attached hydrogens (tertiary/aromatic N) is 1. The van der Waals surface area contributed by atoms with Gasteiger partial charge in [-0.05, 0) is 44.9 Å². The van der Waals surface area contributed by atoms with Crippen molar-refractivity contribution in [2.24, 2.45) is 0 Å². The van der Waals surface area contributed by atoms with Crippen LogP contribution in [0.4, 0.5) is 0 Å². The highest BCUT2D eigenvalue weighted by molar-refractivity contribution is 5.70. The fourth-order valence-corrected chi connectivity index (χ4v) is 4.79. The number of allylic oxidation sites excluding steroid dienone is 6. The number of hydrogen-bond donors (Lipinski definition) is 0. The smallest absolute Gasteiger partial charge is 0.306 e. The zero-order valence-electron chi connectivity index (χ0n) is 29.3. The summed E-state index contributed by atoms with van der Waals surface area (Å²) in [5.41, 5.74) is 0. The molecule has 45 heavy (non-hydrogen) atoms. The summed E-state index contributed by atoms with van der Waals surface area (Å²) in [6.45, 7) is 4.45. The molecule has 260 valence electrons. The number of carbonyl (C=O) groups excluding carboxylic acids is 3. The largest absolute Gasteiger partial charge is 0.544 e. The van der Waals surface area contributed by atoms with Crippen LogP contribution in [-0.4, -0.2) is 75.5 Å². The van der Waals surface area contributed by atoms with E-state index >= 15 is 0 Å². The number of carbonyl (C=O) groups is 3. The minimum absolute atomic E-state index is 0.0296. The van der Waals surface area contributed by atoms with Crippen molar-refractivity contribution in [3.8, 4) is 0 Å². The standard InChI is InChI=1S/C37H65NO7/c1-6-8-10-12-14-16-17-18-19-20-22-24-26-28-36(40)45-33(31-43-30-29-34(37(41)42)38(3,4)5)32-44-35(39)27-25-23-21-15-13-11-9-7-2/h8,10,14,16,18-19,33-34H,6-7,9,11-13,15,17,20-32H2,1-5H3/b10-8-,16-14-,19-18-. The summed E-state index contributed by atoms with van der Waals surface area (Å²) in [7, 11) is 5.37. The maximum Gasteiger partial charge on any atom is 0.306 e. The van der Waals surface area contributed by atoms with Gasteiger partial charge in [0.15, 0.2) is 6.10 Å². The molecule has 0 aliphatic rings. The molecule has 0 saturated heterocycles. The Morgan fingerprint density at radius 1 is 0.689 bits per heavy atom. The van der Waals surface area contributed by atoms with Crippen LogP contribution < -0.4 is 5.11 Å². The first-order valence-corrected chi connectivity index (χ1v) is 17.5. The van der Waals surface area contributed by atoms with E-state index in [4.69, 9.17) is 14.2 Å². The molecule has 8 nitrogen and oxygen atoms in total. The number of carboxylic acid groups (broad SMARTS) is 1. The zero-order chi connectivity index (χ0) is 33.6. The highest BCUT2D eigenvalue weighted by Gasteiger charge is 2.25. The lowest BCUT2D eigenvalue weighted by Gasteiger charge is -2.34. The Balaban J connectivity index is 4.52. The maximum absolute atomic E-state index is 12.6. The van der Waals surface area contributed by atoms with Crippen molar-refractivity contribution in [1.82, 2.24) is 0 Å².